The van der Waals surface area contributed by atoms with Gasteiger partial charge in [-0.2, -0.15) is 0 Å². The number of nitrogens with one attached hydrogen (secondary N) is 2. The summed E-state index contributed by atoms with van der Waals surface area (Å²) in [5, 5.41) is 5.10. The summed E-state index contributed by atoms with van der Waals surface area (Å²) in [5.74, 6) is 0.939. The fourth-order valence-corrected chi connectivity index (χ4v) is 2.58. The van der Waals surface area contributed by atoms with E-state index in [-0.39, 0.29) is 5.91 Å². The highest BCUT2D eigenvalue weighted by Gasteiger charge is 2.18. The van der Waals surface area contributed by atoms with Gasteiger partial charge in [-0.1, -0.05) is 25.4 Å². The Bertz CT molecular complexity index is 653. The highest BCUT2D eigenvalue weighted by atomic mass is 35.5. The Labute approximate surface area is 141 Å². The molecule has 2 N–H and O–H groups in total. The SMILES string of the molecule is CNC(=O)C1=CN(CC(C)C)NC(c2ccc(OC)c(Cl)c2)=C1. The van der Waals surface area contributed by atoms with E-state index in [0.717, 1.165) is 17.8 Å². The van der Waals surface area contributed by atoms with Gasteiger partial charge in [0.1, 0.15) is 5.75 Å². The minimum absolute atomic E-state index is 0.127. The second-order valence-corrected chi connectivity index (χ2v) is 6.14. The number of nitrogens with zero attached hydrogens (tertiary/aromatic N) is 1. The van der Waals surface area contributed by atoms with Crippen LogP contribution < -0.4 is 15.5 Å². The molecular weight excluding hydrogens is 314 g/mol. The van der Waals surface area contributed by atoms with E-state index >= 15 is 0 Å². The van der Waals surface area contributed by atoms with E-state index in [2.05, 4.69) is 24.6 Å². The molecule has 23 heavy (non-hydrogen) atoms. The van der Waals surface area contributed by atoms with E-state index in [9.17, 15) is 4.79 Å². The van der Waals surface area contributed by atoms with Crippen molar-refractivity contribution in [2.75, 3.05) is 20.7 Å². The zero-order valence-electron chi connectivity index (χ0n) is 13.8. The van der Waals surface area contributed by atoms with E-state index in [1.165, 1.54) is 0 Å². The summed E-state index contributed by atoms with van der Waals surface area (Å²) in [6.45, 7) is 5.02. The van der Waals surface area contributed by atoms with Crippen molar-refractivity contribution in [3.63, 3.8) is 0 Å². The number of rotatable bonds is 5. The number of carbonyl (C=O) groups is 1. The third-order valence-electron chi connectivity index (χ3n) is 3.37. The van der Waals surface area contributed by atoms with E-state index in [1.54, 1.807) is 14.2 Å². The molecule has 1 aliphatic rings. The number of ether oxygens (including phenoxy) is 1. The summed E-state index contributed by atoms with van der Waals surface area (Å²) < 4.78 is 5.18. The molecule has 0 atom stereocenters. The zero-order valence-corrected chi connectivity index (χ0v) is 14.6. The Balaban J connectivity index is 2.36. The van der Waals surface area contributed by atoms with Gasteiger partial charge in [0.05, 0.1) is 23.4 Å². The van der Waals surface area contributed by atoms with Crippen molar-refractivity contribution in [2.24, 2.45) is 5.92 Å². The van der Waals surface area contributed by atoms with Crippen LogP contribution in [0.3, 0.4) is 0 Å². The Morgan fingerprint density at radius 1 is 1.43 bits per heavy atom. The topological polar surface area (TPSA) is 53.6 Å². The van der Waals surface area contributed by atoms with Crippen molar-refractivity contribution >= 4 is 23.2 Å². The van der Waals surface area contributed by atoms with Crippen molar-refractivity contribution in [3.05, 3.63) is 46.6 Å². The molecule has 6 heteroatoms. The molecule has 1 aromatic carbocycles. The molecule has 1 heterocycles. The van der Waals surface area contributed by atoms with Crippen molar-refractivity contribution in [2.45, 2.75) is 13.8 Å². The highest BCUT2D eigenvalue weighted by Crippen LogP contribution is 2.29. The van der Waals surface area contributed by atoms with Gasteiger partial charge in [-0.3, -0.25) is 15.2 Å². The van der Waals surface area contributed by atoms with E-state index in [4.69, 9.17) is 16.3 Å². The largest absolute Gasteiger partial charge is 0.495 e. The molecule has 0 saturated heterocycles. The molecule has 124 valence electrons. The molecule has 0 fully saturated rings. The molecule has 0 aliphatic carbocycles. The average Bonchev–Trinajstić information content (AvgIpc) is 2.53. The Morgan fingerprint density at radius 2 is 2.17 bits per heavy atom. The molecular formula is C17H22ClN3O2. The van der Waals surface area contributed by atoms with Crippen molar-refractivity contribution in [3.8, 4) is 5.75 Å². The van der Waals surface area contributed by atoms with Gasteiger partial charge in [0.25, 0.3) is 5.91 Å². The number of carbonyl (C=O) groups excluding carboxylic acids is 1. The highest BCUT2D eigenvalue weighted by molar-refractivity contribution is 6.32. The standard InChI is InChI=1S/C17H22ClN3O2/c1-11(2)9-21-10-13(17(22)19-3)8-15(20-21)12-5-6-16(23-4)14(18)7-12/h5-8,10-11,20H,9H2,1-4H3,(H,19,22). The number of likely N-dealkylation sites (N-methyl/N-ethyl adjacent to an activating group) is 1. The molecule has 0 aromatic heterocycles. The van der Waals surface area contributed by atoms with Gasteiger partial charge in [0.15, 0.2) is 0 Å². The van der Waals surface area contributed by atoms with Crippen molar-refractivity contribution in [1.82, 2.24) is 15.8 Å². The molecule has 0 bridgehead atoms. The summed E-state index contributed by atoms with van der Waals surface area (Å²) in [7, 11) is 3.20. The zero-order chi connectivity index (χ0) is 17.0. The number of hydrogen-bond acceptors (Lipinski definition) is 4. The van der Waals surface area contributed by atoms with Crippen LogP contribution in [0.1, 0.15) is 19.4 Å². The predicted octanol–water partition coefficient (Wildman–Crippen LogP) is 2.80. The molecule has 5 nitrogen and oxygen atoms in total. The molecule has 0 spiro atoms. The summed E-state index contributed by atoms with van der Waals surface area (Å²) >= 11 is 6.21. The van der Waals surface area contributed by atoms with E-state index < -0.39 is 0 Å². The number of amides is 1. The third kappa shape index (κ3) is 4.20. The third-order valence-corrected chi connectivity index (χ3v) is 3.67. The summed E-state index contributed by atoms with van der Waals surface area (Å²) in [4.78, 5) is 12.0. The molecule has 1 aliphatic heterocycles. The van der Waals surface area contributed by atoms with Gasteiger partial charge >= 0.3 is 0 Å². The van der Waals surface area contributed by atoms with Crippen molar-refractivity contribution < 1.29 is 9.53 Å². The van der Waals surface area contributed by atoms with Crippen LogP contribution in [0.25, 0.3) is 5.70 Å². The van der Waals surface area contributed by atoms with Gasteiger partial charge < -0.3 is 10.1 Å². The summed E-state index contributed by atoms with van der Waals surface area (Å²) in [6.07, 6.45) is 3.63. The minimum atomic E-state index is -0.127. The number of hydrazine groups is 1. The van der Waals surface area contributed by atoms with Crippen molar-refractivity contribution in [1.29, 1.82) is 0 Å². The summed E-state index contributed by atoms with van der Waals surface area (Å²) in [6, 6.07) is 5.54. The number of methoxy groups -OCH3 is 1. The van der Waals surface area contributed by atoms with Crippen LogP contribution >= 0.6 is 11.6 Å². The molecule has 0 radical (unpaired) electrons. The predicted molar refractivity (Wildman–Crippen MR) is 92.8 cm³/mol. The Morgan fingerprint density at radius 3 is 2.74 bits per heavy atom. The lowest BCUT2D eigenvalue weighted by Crippen LogP contribution is -2.39. The fraction of sp³-hybridized carbons (Fsp3) is 0.353. The van der Waals surface area contributed by atoms with Crippen LogP contribution in [-0.2, 0) is 4.79 Å². The number of hydrogen-bond donors (Lipinski definition) is 2. The van der Waals surface area contributed by atoms with E-state index in [1.807, 2.05) is 35.5 Å². The van der Waals surface area contributed by atoms with Gasteiger partial charge in [0.2, 0.25) is 0 Å². The van der Waals surface area contributed by atoms with Gasteiger partial charge in [0, 0.05) is 25.4 Å². The maximum atomic E-state index is 12.0. The molecule has 0 unspecified atom stereocenters. The smallest absolute Gasteiger partial charge is 0.252 e. The van der Waals surface area contributed by atoms with Crippen LogP contribution in [0.5, 0.6) is 5.75 Å². The quantitative estimate of drug-likeness (QED) is 0.868. The Kier molecular flexibility index (Phi) is 5.55. The minimum Gasteiger partial charge on any atom is -0.495 e. The fourth-order valence-electron chi connectivity index (χ4n) is 2.32. The molecule has 1 aromatic rings. The number of benzene rings is 1. The van der Waals surface area contributed by atoms with Crippen LogP contribution in [0.2, 0.25) is 5.02 Å². The lowest BCUT2D eigenvalue weighted by atomic mass is 10.1. The molecule has 1 amide bonds. The Hall–Kier alpha value is -2.14. The molecule has 0 saturated carbocycles. The monoisotopic (exact) mass is 335 g/mol. The second-order valence-electron chi connectivity index (χ2n) is 5.73. The first-order valence-corrected chi connectivity index (χ1v) is 7.85. The van der Waals surface area contributed by atoms with Crippen LogP contribution in [0.15, 0.2) is 36.0 Å². The molecule has 2 rings (SSSR count). The first-order valence-electron chi connectivity index (χ1n) is 7.47. The number of halogens is 1. The first-order chi connectivity index (χ1) is 10.9. The van der Waals surface area contributed by atoms with Gasteiger partial charge in [-0.25, -0.2) is 0 Å². The van der Waals surface area contributed by atoms with Crippen LogP contribution in [0.4, 0.5) is 0 Å². The lowest BCUT2D eigenvalue weighted by Gasteiger charge is -2.30. The summed E-state index contributed by atoms with van der Waals surface area (Å²) in [5.41, 5.74) is 5.61. The first kappa shape index (κ1) is 17.2. The lowest BCUT2D eigenvalue weighted by molar-refractivity contribution is -0.116. The van der Waals surface area contributed by atoms with Crippen LogP contribution in [-0.4, -0.2) is 31.6 Å². The van der Waals surface area contributed by atoms with Gasteiger partial charge in [-0.05, 0) is 30.2 Å². The maximum Gasteiger partial charge on any atom is 0.252 e. The maximum absolute atomic E-state index is 12.0. The van der Waals surface area contributed by atoms with Gasteiger partial charge in [-0.15, -0.1) is 0 Å². The second kappa shape index (κ2) is 7.42. The average molecular weight is 336 g/mol. The van der Waals surface area contributed by atoms with Crippen LogP contribution in [0, 0.1) is 5.92 Å². The normalized spacial score (nSPS) is 14.1. The van der Waals surface area contributed by atoms with E-state index in [0.29, 0.717) is 22.3 Å².